The Balaban J connectivity index is 2.50. The molecule has 0 aliphatic carbocycles. The normalized spacial score (nSPS) is 13.6. The SMILES string of the molecule is CSCCC(NC(=O)NC(C)c1ccc(Cl)s1)C(=O)O. The van der Waals surface area contributed by atoms with Gasteiger partial charge in [-0.15, -0.1) is 11.3 Å². The number of carboxylic acid groups (broad SMARTS) is 1. The molecule has 1 rings (SSSR count). The second-order valence-electron chi connectivity index (χ2n) is 4.15. The van der Waals surface area contributed by atoms with Crippen LogP contribution in [0.15, 0.2) is 12.1 Å². The fourth-order valence-corrected chi connectivity index (χ4v) is 3.06. The molecule has 1 aromatic rings. The van der Waals surface area contributed by atoms with Gasteiger partial charge in [0.25, 0.3) is 0 Å². The van der Waals surface area contributed by atoms with Gasteiger partial charge in [0, 0.05) is 4.88 Å². The van der Waals surface area contributed by atoms with E-state index in [2.05, 4.69) is 10.6 Å². The first-order chi connectivity index (χ1) is 9.43. The van der Waals surface area contributed by atoms with Gasteiger partial charge < -0.3 is 15.7 Å². The predicted octanol–water partition coefficient (Wildman–Crippen LogP) is 2.97. The maximum atomic E-state index is 11.8. The van der Waals surface area contributed by atoms with Gasteiger partial charge in [-0.05, 0) is 37.5 Å². The minimum absolute atomic E-state index is 0.220. The van der Waals surface area contributed by atoms with E-state index in [-0.39, 0.29) is 6.04 Å². The van der Waals surface area contributed by atoms with E-state index in [4.69, 9.17) is 16.7 Å². The Labute approximate surface area is 131 Å². The zero-order valence-electron chi connectivity index (χ0n) is 11.2. The van der Waals surface area contributed by atoms with Gasteiger partial charge in [0.05, 0.1) is 10.4 Å². The summed E-state index contributed by atoms with van der Waals surface area (Å²) < 4.78 is 0.650. The highest BCUT2D eigenvalue weighted by Gasteiger charge is 2.20. The van der Waals surface area contributed by atoms with Crippen LogP contribution >= 0.6 is 34.7 Å². The molecular weight excluding hydrogens is 320 g/mol. The number of carboxylic acids is 1. The molecule has 2 atom stereocenters. The second kappa shape index (κ2) is 8.39. The van der Waals surface area contributed by atoms with Crippen LogP contribution in [0.5, 0.6) is 0 Å². The summed E-state index contributed by atoms with van der Waals surface area (Å²) >= 11 is 8.75. The standard InChI is InChI=1S/C12H17ClN2O3S2/c1-7(9-3-4-10(13)20-9)14-12(18)15-8(11(16)17)5-6-19-2/h3-4,7-8H,5-6H2,1-2H3,(H,16,17)(H2,14,15,18). The molecular formula is C12H17ClN2O3S2. The number of nitrogens with one attached hydrogen (secondary N) is 2. The molecule has 0 spiro atoms. The molecule has 0 aliphatic rings. The van der Waals surface area contributed by atoms with Gasteiger partial charge in [-0.3, -0.25) is 0 Å². The molecule has 112 valence electrons. The lowest BCUT2D eigenvalue weighted by molar-refractivity contribution is -0.139. The lowest BCUT2D eigenvalue weighted by Crippen LogP contribution is -2.46. The second-order valence-corrected chi connectivity index (χ2v) is 6.89. The molecule has 0 aromatic carbocycles. The number of hydrogen-bond acceptors (Lipinski definition) is 4. The molecule has 2 unspecified atom stereocenters. The first-order valence-corrected chi connectivity index (χ1v) is 8.57. The Morgan fingerprint density at radius 2 is 2.15 bits per heavy atom. The number of aliphatic carboxylic acids is 1. The summed E-state index contributed by atoms with van der Waals surface area (Å²) in [5.41, 5.74) is 0. The van der Waals surface area contributed by atoms with Crippen LogP contribution in [0.25, 0.3) is 0 Å². The van der Waals surface area contributed by atoms with Crippen LogP contribution in [0.4, 0.5) is 4.79 Å². The summed E-state index contributed by atoms with van der Waals surface area (Å²) in [6.45, 7) is 1.82. The van der Waals surface area contributed by atoms with Gasteiger partial charge in [0.15, 0.2) is 0 Å². The monoisotopic (exact) mass is 336 g/mol. The number of hydrogen-bond donors (Lipinski definition) is 3. The van der Waals surface area contributed by atoms with Crippen molar-refractivity contribution in [2.24, 2.45) is 0 Å². The van der Waals surface area contributed by atoms with E-state index < -0.39 is 18.0 Å². The first-order valence-electron chi connectivity index (χ1n) is 5.98. The van der Waals surface area contributed by atoms with Crippen molar-refractivity contribution in [2.75, 3.05) is 12.0 Å². The summed E-state index contributed by atoms with van der Waals surface area (Å²) in [7, 11) is 0. The molecule has 3 N–H and O–H groups in total. The van der Waals surface area contributed by atoms with E-state index in [0.717, 1.165) is 4.88 Å². The third kappa shape index (κ3) is 5.60. The Kier molecular flexibility index (Phi) is 7.18. The summed E-state index contributed by atoms with van der Waals surface area (Å²) in [6.07, 6.45) is 2.28. The van der Waals surface area contributed by atoms with E-state index in [1.54, 1.807) is 6.07 Å². The zero-order valence-corrected chi connectivity index (χ0v) is 13.6. The van der Waals surface area contributed by atoms with Gasteiger partial charge in [0.2, 0.25) is 0 Å². The summed E-state index contributed by atoms with van der Waals surface area (Å²) in [6, 6.07) is 2.01. The Morgan fingerprint density at radius 1 is 1.45 bits per heavy atom. The lowest BCUT2D eigenvalue weighted by Gasteiger charge is -2.17. The molecule has 0 radical (unpaired) electrons. The first kappa shape index (κ1) is 17.1. The molecule has 20 heavy (non-hydrogen) atoms. The van der Waals surface area contributed by atoms with Crippen LogP contribution in [-0.4, -0.2) is 35.2 Å². The van der Waals surface area contributed by atoms with Crippen LogP contribution in [0.2, 0.25) is 4.34 Å². The highest BCUT2D eigenvalue weighted by molar-refractivity contribution is 7.98. The van der Waals surface area contributed by atoms with E-state index in [0.29, 0.717) is 16.5 Å². The van der Waals surface area contributed by atoms with E-state index in [1.165, 1.54) is 23.1 Å². The quantitative estimate of drug-likeness (QED) is 0.715. The number of carbonyl (C=O) groups excluding carboxylic acids is 1. The van der Waals surface area contributed by atoms with Crippen LogP contribution in [0.3, 0.4) is 0 Å². The average molecular weight is 337 g/mol. The molecule has 1 aromatic heterocycles. The Hall–Kier alpha value is -0.920. The van der Waals surface area contributed by atoms with Crippen molar-refractivity contribution in [1.29, 1.82) is 0 Å². The Bertz CT molecular complexity index is 467. The van der Waals surface area contributed by atoms with Gasteiger partial charge in [-0.25, -0.2) is 9.59 Å². The maximum absolute atomic E-state index is 11.8. The summed E-state index contributed by atoms with van der Waals surface area (Å²) in [5.74, 6) is -0.353. The van der Waals surface area contributed by atoms with Gasteiger partial charge in [-0.2, -0.15) is 11.8 Å². The molecule has 1 heterocycles. The number of halogens is 1. The predicted molar refractivity (Wildman–Crippen MR) is 83.8 cm³/mol. The topological polar surface area (TPSA) is 78.4 Å². The van der Waals surface area contributed by atoms with Crippen LogP contribution < -0.4 is 10.6 Å². The molecule has 0 fully saturated rings. The average Bonchev–Trinajstić information content (AvgIpc) is 2.80. The number of urea groups is 1. The van der Waals surface area contributed by atoms with Crippen molar-refractivity contribution >= 4 is 46.7 Å². The molecule has 8 heteroatoms. The van der Waals surface area contributed by atoms with Crippen molar-refractivity contribution in [1.82, 2.24) is 10.6 Å². The highest BCUT2D eigenvalue weighted by Crippen LogP contribution is 2.26. The van der Waals surface area contributed by atoms with Gasteiger partial charge in [-0.1, -0.05) is 11.6 Å². The fourth-order valence-electron chi connectivity index (χ4n) is 1.52. The number of amides is 2. The number of thiophene rings is 1. The minimum atomic E-state index is -1.03. The van der Waals surface area contributed by atoms with E-state index in [9.17, 15) is 9.59 Å². The summed E-state index contributed by atoms with van der Waals surface area (Å²) in [4.78, 5) is 23.7. The number of thioether (sulfide) groups is 1. The molecule has 2 amide bonds. The lowest BCUT2D eigenvalue weighted by atomic mass is 10.2. The van der Waals surface area contributed by atoms with Gasteiger partial charge >= 0.3 is 12.0 Å². The largest absolute Gasteiger partial charge is 0.480 e. The van der Waals surface area contributed by atoms with E-state index in [1.807, 2.05) is 19.2 Å². The molecule has 0 saturated heterocycles. The van der Waals surface area contributed by atoms with E-state index >= 15 is 0 Å². The molecule has 0 saturated carbocycles. The molecule has 0 bridgehead atoms. The summed E-state index contributed by atoms with van der Waals surface area (Å²) in [5, 5.41) is 14.2. The van der Waals surface area contributed by atoms with Crippen molar-refractivity contribution in [3.05, 3.63) is 21.3 Å². The number of carbonyl (C=O) groups is 2. The van der Waals surface area contributed by atoms with Crippen molar-refractivity contribution in [2.45, 2.75) is 25.4 Å². The van der Waals surface area contributed by atoms with Crippen LogP contribution in [0.1, 0.15) is 24.3 Å². The number of rotatable bonds is 7. The van der Waals surface area contributed by atoms with Crippen molar-refractivity contribution in [3.8, 4) is 0 Å². The fraction of sp³-hybridized carbons (Fsp3) is 0.500. The maximum Gasteiger partial charge on any atom is 0.326 e. The Morgan fingerprint density at radius 3 is 2.65 bits per heavy atom. The van der Waals surface area contributed by atoms with Gasteiger partial charge in [0.1, 0.15) is 6.04 Å². The van der Waals surface area contributed by atoms with Crippen LogP contribution in [-0.2, 0) is 4.79 Å². The van der Waals surface area contributed by atoms with Crippen LogP contribution in [0, 0.1) is 0 Å². The third-order valence-electron chi connectivity index (χ3n) is 2.58. The van der Waals surface area contributed by atoms with Crippen molar-refractivity contribution in [3.63, 3.8) is 0 Å². The zero-order chi connectivity index (χ0) is 15.1. The molecule has 0 aliphatic heterocycles. The van der Waals surface area contributed by atoms with Crippen molar-refractivity contribution < 1.29 is 14.7 Å². The molecule has 5 nitrogen and oxygen atoms in total. The minimum Gasteiger partial charge on any atom is -0.480 e. The third-order valence-corrected chi connectivity index (χ3v) is 4.64. The highest BCUT2D eigenvalue weighted by atomic mass is 35.5. The smallest absolute Gasteiger partial charge is 0.326 e.